The molecule has 0 fully saturated rings. The van der Waals surface area contributed by atoms with E-state index >= 15 is 0 Å². The normalized spacial score (nSPS) is 12.3. The number of carbonyl (C=O) groups excluding carboxylic acids is 1. The van der Waals surface area contributed by atoms with Gasteiger partial charge in [-0.3, -0.25) is 4.98 Å². The number of nitrogen functional groups attached to an aromatic ring is 1. The molecule has 7 nitrogen and oxygen atoms in total. The highest BCUT2D eigenvalue weighted by Gasteiger charge is 2.15. The Labute approximate surface area is 102 Å². The molecule has 18 heavy (non-hydrogen) atoms. The number of aromatic amines is 1. The van der Waals surface area contributed by atoms with Crippen molar-refractivity contribution >= 4 is 28.4 Å². The van der Waals surface area contributed by atoms with Crippen molar-refractivity contribution in [3.05, 3.63) is 22.7 Å². The predicted octanol–water partition coefficient (Wildman–Crippen LogP) is 0.677. The van der Waals surface area contributed by atoms with Gasteiger partial charge < -0.3 is 20.2 Å². The smallest absolute Gasteiger partial charge is 0.417 e. The molecule has 1 unspecified atom stereocenters. The maximum Gasteiger partial charge on any atom is 0.417 e. The van der Waals surface area contributed by atoms with Crippen LogP contribution in [0.2, 0.25) is 0 Å². The molecular formula is C11H13N3O4. The molecule has 0 aliphatic carbocycles. The lowest BCUT2D eigenvalue weighted by molar-refractivity contribution is -0.141. The summed E-state index contributed by atoms with van der Waals surface area (Å²) in [6.45, 7) is 1.65. The molecule has 2 aromatic rings. The molecule has 0 radical (unpaired) electrons. The Balaban J connectivity index is 2.35. The second kappa shape index (κ2) is 4.44. The highest BCUT2D eigenvalue weighted by molar-refractivity contribution is 5.87. The number of aromatic nitrogens is 1. The van der Waals surface area contributed by atoms with Crippen molar-refractivity contribution in [2.24, 2.45) is 0 Å². The zero-order chi connectivity index (χ0) is 13.3. The van der Waals surface area contributed by atoms with Gasteiger partial charge >= 0.3 is 11.7 Å². The quantitative estimate of drug-likeness (QED) is 0.546. The third-order valence-electron chi connectivity index (χ3n) is 2.52. The number of oxazole rings is 1. The van der Waals surface area contributed by atoms with Crippen LogP contribution in [0.15, 0.2) is 21.3 Å². The first-order chi connectivity index (χ1) is 8.51. The first-order valence-electron chi connectivity index (χ1n) is 5.28. The Bertz CT molecular complexity index is 643. The van der Waals surface area contributed by atoms with Crippen molar-refractivity contribution in [3.8, 4) is 0 Å². The van der Waals surface area contributed by atoms with Gasteiger partial charge in [0.15, 0.2) is 5.58 Å². The molecule has 96 valence electrons. The summed E-state index contributed by atoms with van der Waals surface area (Å²) in [5.41, 5.74) is 7.57. The molecule has 1 atom stereocenters. The van der Waals surface area contributed by atoms with E-state index in [1.807, 2.05) is 0 Å². The second-order valence-electron chi connectivity index (χ2n) is 3.84. The summed E-state index contributed by atoms with van der Waals surface area (Å²) in [6.07, 6.45) is 0. The Morgan fingerprint density at radius 3 is 2.94 bits per heavy atom. The molecule has 0 saturated heterocycles. The molecule has 7 heteroatoms. The third kappa shape index (κ3) is 2.15. The van der Waals surface area contributed by atoms with E-state index in [4.69, 9.17) is 10.2 Å². The number of esters is 1. The van der Waals surface area contributed by atoms with Crippen LogP contribution in [0.5, 0.6) is 0 Å². The van der Waals surface area contributed by atoms with Crippen molar-refractivity contribution in [1.29, 1.82) is 0 Å². The third-order valence-corrected chi connectivity index (χ3v) is 2.52. The van der Waals surface area contributed by atoms with Crippen molar-refractivity contribution in [2.45, 2.75) is 13.0 Å². The summed E-state index contributed by atoms with van der Waals surface area (Å²) in [6, 6.07) is 2.57. The van der Waals surface area contributed by atoms with Crippen molar-refractivity contribution in [2.75, 3.05) is 18.2 Å². The average Bonchev–Trinajstić information content (AvgIpc) is 2.67. The van der Waals surface area contributed by atoms with Crippen LogP contribution in [0.3, 0.4) is 0 Å². The lowest BCUT2D eigenvalue weighted by Crippen LogP contribution is -2.27. The molecule has 2 rings (SSSR count). The first kappa shape index (κ1) is 12.0. The summed E-state index contributed by atoms with van der Waals surface area (Å²) in [4.78, 5) is 24.8. The van der Waals surface area contributed by atoms with E-state index in [9.17, 15) is 9.59 Å². The van der Waals surface area contributed by atoms with Crippen molar-refractivity contribution in [1.82, 2.24) is 4.98 Å². The van der Waals surface area contributed by atoms with Crippen LogP contribution in [-0.2, 0) is 9.53 Å². The fourth-order valence-corrected chi connectivity index (χ4v) is 1.61. The monoisotopic (exact) mass is 251 g/mol. The summed E-state index contributed by atoms with van der Waals surface area (Å²) >= 11 is 0. The van der Waals surface area contributed by atoms with Gasteiger partial charge in [0.05, 0.1) is 24.0 Å². The summed E-state index contributed by atoms with van der Waals surface area (Å²) in [7, 11) is 1.31. The minimum Gasteiger partial charge on any atom is -0.467 e. The number of ether oxygens (including phenoxy) is 1. The summed E-state index contributed by atoms with van der Waals surface area (Å²) < 4.78 is 9.46. The largest absolute Gasteiger partial charge is 0.467 e. The summed E-state index contributed by atoms with van der Waals surface area (Å²) in [5.74, 6) is -0.960. The van der Waals surface area contributed by atoms with Crippen LogP contribution < -0.4 is 16.8 Å². The van der Waals surface area contributed by atoms with E-state index in [-0.39, 0.29) is 0 Å². The van der Waals surface area contributed by atoms with Crippen LogP contribution in [0.1, 0.15) is 6.92 Å². The van der Waals surface area contributed by atoms with E-state index in [1.54, 1.807) is 13.0 Å². The number of H-pyrrole nitrogens is 1. The SMILES string of the molecule is COC(=O)C(C)Nc1cc2[nH]c(=O)oc2cc1N. The average molecular weight is 251 g/mol. The Kier molecular flexibility index (Phi) is 2.97. The molecule has 1 heterocycles. The molecule has 1 aromatic carbocycles. The lowest BCUT2D eigenvalue weighted by atomic mass is 10.2. The Morgan fingerprint density at radius 1 is 1.56 bits per heavy atom. The van der Waals surface area contributed by atoms with Crippen molar-refractivity contribution in [3.63, 3.8) is 0 Å². The van der Waals surface area contributed by atoms with Gasteiger partial charge in [0.25, 0.3) is 0 Å². The number of anilines is 2. The van der Waals surface area contributed by atoms with Crippen LogP contribution in [0.25, 0.3) is 11.1 Å². The Hall–Kier alpha value is -2.44. The number of nitrogens with one attached hydrogen (secondary N) is 2. The molecule has 0 amide bonds. The Morgan fingerprint density at radius 2 is 2.28 bits per heavy atom. The van der Waals surface area contributed by atoms with Gasteiger partial charge in [0, 0.05) is 6.07 Å². The number of hydrogen-bond acceptors (Lipinski definition) is 6. The maximum atomic E-state index is 11.3. The second-order valence-corrected chi connectivity index (χ2v) is 3.84. The molecule has 0 aliphatic rings. The minimum absolute atomic E-state index is 0.369. The highest BCUT2D eigenvalue weighted by Crippen LogP contribution is 2.25. The van der Waals surface area contributed by atoms with E-state index in [0.717, 1.165) is 0 Å². The molecule has 1 aromatic heterocycles. The van der Waals surface area contributed by atoms with E-state index < -0.39 is 17.8 Å². The molecule has 4 N–H and O–H groups in total. The van der Waals surface area contributed by atoms with Gasteiger partial charge in [-0.05, 0) is 13.0 Å². The van der Waals surface area contributed by atoms with Gasteiger partial charge in [-0.15, -0.1) is 0 Å². The number of benzene rings is 1. The lowest BCUT2D eigenvalue weighted by Gasteiger charge is -2.14. The van der Waals surface area contributed by atoms with Crippen LogP contribution >= 0.6 is 0 Å². The van der Waals surface area contributed by atoms with Gasteiger partial charge in [0.2, 0.25) is 0 Å². The van der Waals surface area contributed by atoms with Gasteiger partial charge in [-0.25, -0.2) is 9.59 Å². The molecule has 0 aliphatic heterocycles. The fourth-order valence-electron chi connectivity index (χ4n) is 1.61. The minimum atomic E-state index is -0.553. The number of carbonyl (C=O) groups is 1. The van der Waals surface area contributed by atoms with Crippen molar-refractivity contribution < 1.29 is 13.9 Å². The fraction of sp³-hybridized carbons (Fsp3) is 0.273. The van der Waals surface area contributed by atoms with Crippen LogP contribution in [0, 0.1) is 0 Å². The molecule has 0 saturated carbocycles. The van der Waals surface area contributed by atoms with Gasteiger partial charge in [-0.1, -0.05) is 0 Å². The van der Waals surface area contributed by atoms with Crippen LogP contribution in [-0.4, -0.2) is 24.1 Å². The standard InChI is InChI=1S/C11H13N3O4/c1-5(10(15)17-2)13-7-4-8-9(3-6(7)12)18-11(16)14-8/h3-5,13H,12H2,1-2H3,(H,14,16). The number of hydrogen-bond donors (Lipinski definition) is 3. The van der Waals surface area contributed by atoms with E-state index in [0.29, 0.717) is 22.5 Å². The number of rotatable bonds is 3. The van der Waals surface area contributed by atoms with Gasteiger partial charge in [-0.2, -0.15) is 0 Å². The molecular weight excluding hydrogens is 238 g/mol. The first-order valence-corrected chi connectivity index (χ1v) is 5.28. The topological polar surface area (TPSA) is 110 Å². The zero-order valence-corrected chi connectivity index (χ0v) is 9.94. The number of nitrogens with two attached hydrogens (primary N) is 1. The van der Waals surface area contributed by atoms with Gasteiger partial charge in [0.1, 0.15) is 6.04 Å². The van der Waals surface area contributed by atoms with E-state index in [1.165, 1.54) is 13.2 Å². The highest BCUT2D eigenvalue weighted by atomic mass is 16.5. The zero-order valence-electron chi connectivity index (χ0n) is 9.94. The number of fused-ring (bicyclic) bond motifs is 1. The molecule has 0 bridgehead atoms. The number of methoxy groups -OCH3 is 1. The van der Waals surface area contributed by atoms with Crippen LogP contribution in [0.4, 0.5) is 11.4 Å². The maximum absolute atomic E-state index is 11.3. The van der Waals surface area contributed by atoms with E-state index in [2.05, 4.69) is 15.0 Å². The summed E-state index contributed by atoms with van der Waals surface area (Å²) in [5, 5.41) is 2.90. The molecule has 0 spiro atoms. The predicted molar refractivity (Wildman–Crippen MR) is 66.3 cm³/mol.